The van der Waals surface area contributed by atoms with Crippen molar-refractivity contribution in [2.75, 3.05) is 0 Å². The number of aliphatic hydroxyl groups excluding tert-OH is 1. The zero-order valence-electron chi connectivity index (χ0n) is 10.6. The van der Waals surface area contributed by atoms with Gasteiger partial charge in [0.1, 0.15) is 5.01 Å². The van der Waals surface area contributed by atoms with E-state index >= 15 is 0 Å². The number of aryl methyl sites for hydroxylation is 1. The topological polar surface area (TPSA) is 45.1 Å². The number of thiazole rings is 1. The number of nitrogens with zero attached hydrogens (tertiary/aromatic N) is 1. The highest BCUT2D eigenvalue weighted by molar-refractivity contribution is 7.10. The third-order valence-electron chi connectivity index (χ3n) is 2.72. The van der Waals surface area contributed by atoms with Crippen LogP contribution < -0.4 is 5.32 Å². The molecule has 3 nitrogen and oxygen atoms in total. The number of aliphatic hydroxyl groups is 1. The molecule has 0 radical (unpaired) electrons. The Balaban J connectivity index is 1.76. The van der Waals surface area contributed by atoms with Gasteiger partial charge in [-0.3, -0.25) is 0 Å². The number of thiophene rings is 1. The van der Waals surface area contributed by atoms with E-state index in [1.807, 2.05) is 24.4 Å². The smallest absolute Gasteiger partial charge is 0.107 e. The van der Waals surface area contributed by atoms with Crippen LogP contribution in [0, 0.1) is 6.92 Å². The summed E-state index contributed by atoms with van der Waals surface area (Å²) in [5.41, 5.74) is 1.07. The molecule has 18 heavy (non-hydrogen) atoms. The van der Waals surface area contributed by atoms with Crippen molar-refractivity contribution < 1.29 is 5.11 Å². The summed E-state index contributed by atoms with van der Waals surface area (Å²) in [4.78, 5) is 5.44. The van der Waals surface area contributed by atoms with Crippen LogP contribution in [-0.4, -0.2) is 16.1 Å². The minimum Gasteiger partial charge on any atom is -0.388 e. The van der Waals surface area contributed by atoms with Gasteiger partial charge < -0.3 is 10.4 Å². The predicted octanol–water partition coefficient (Wildman–Crippen LogP) is 3.11. The van der Waals surface area contributed by atoms with Crippen LogP contribution in [0.2, 0.25) is 0 Å². The lowest BCUT2D eigenvalue weighted by Gasteiger charge is -2.16. The highest BCUT2D eigenvalue weighted by Crippen LogP contribution is 2.22. The standard InChI is InChI=1S/C13H18N2OS2/c1-9(6-11(16)12-4-3-5-17-12)14-7-13-15-10(2)8-18-13/h3-5,8-9,11,14,16H,6-7H2,1-2H3/t9-,11+/m0/s1. The summed E-state index contributed by atoms with van der Waals surface area (Å²) in [6, 6.07) is 4.22. The van der Waals surface area contributed by atoms with Gasteiger partial charge in [-0.15, -0.1) is 22.7 Å². The molecular weight excluding hydrogens is 264 g/mol. The van der Waals surface area contributed by atoms with Crippen molar-refractivity contribution in [3.05, 3.63) is 38.5 Å². The molecule has 0 bridgehead atoms. The highest BCUT2D eigenvalue weighted by Gasteiger charge is 2.13. The van der Waals surface area contributed by atoms with Gasteiger partial charge in [0, 0.05) is 28.5 Å². The van der Waals surface area contributed by atoms with E-state index in [2.05, 4.69) is 22.6 Å². The first-order chi connectivity index (χ1) is 8.65. The predicted molar refractivity (Wildman–Crippen MR) is 77.0 cm³/mol. The fraction of sp³-hybridized carbons (Fsp3) is 0.462. The van der Waals surface area contributed by atoms with Crippen LogP contribution in [0.1, 0.15) is 35.0 Å². The van der Waals surface area contributed by atoms with Crippen molar-refractivity contribution in [1.82, 2.24) is 10.3 Å². The van der Waals surface area contributed by atoms with Crippen molar-refractivity contribution >= 4 is 22.7 Å². The van der Waals surface area contributed by atoms with Gasteiger partial charge >= 0.3 is 0 Å². The van der Waals surface area contributed by atoms with Crippen LogP contribution >= 0.6 is 22.7 Å². The molecule has 2 atom stereocenters. The van der Waals surface area contributed by atoms with E-state index in [0.717, 1.165) is 28.5 Å². The third kappa shape index (κ3) is 3.88. The quantitative estimate of drug-likeness (QED) is 0.855. The molecule has 0 saturated carbocycles. The maximum absolute atomic E-state index is 10.0. The highest BCUT2D eigenvalue weighted by atomic mass is 32.1. The van der Waals surface area contributed by atoms with E-state index in [9.17, 15) is 5.11 Å². The van der Waals surface area contributed by atoms with Crippen LogP contribution in [0.25, 0.3) is 0 Å². The molecule has 0 aliphatic carbocycles. The number of rotatable bonds is 6. The second-order valence-corrected chi connectivity index (χ2v) is 6.35. The Morgan fingerprint density at radius 3 is 2.89 bits per heavy atom. The van der Waals surface area contributed by atoms with E-state index in [1.54, 1.807) is 22.7 Å². The van der Waals surface area contributed by atoms with Crippen molar-refractivity contribution in [2.45, 2.75) is 39.0 Å². The van der Waals surface area contributed by atoms with Crippen molar-refractivity contribution in [3.8, 4) is 0 Å². The molecule has 2 aromatic rings. The molecule has 0 amide bonds. The Bertz CT molecular complexity index is 467. The van der Waals surface area contributed by atoms with Gasteiger partial charge in [-0.25, -0.2) is 4.98 Å². The summed E-state index contributed by atoms with van der Waals surface area (Å²) in [5, 5.41) is 18.6. The van der Waals surface area contributed by atoms with Crippen LogP contribution in [0.15, 0.2) is 22.9 Å². The van der Waals surface area contributed by atoms with E-state index in [1.165, 1.54) is 0 Å². The zero-order valence-corrected chi connectivity index (χ0v) is 12.2. The molecule has 98 valence electrons. The molecule has 0 aromatic carbocycles. The Morgan fingerprint density at radius 1 is 1.44 bits per heavy atom. The Labute approximate surface area is 116 Å². The maximum Gasteiger partial charge on any atom is 0.107 e. The SMILES string of the molecule is Cc1csc(CN[C@@H](C)C[C@@H](O)c2cccs2)n1. The maximum atomic E-state index is 10.0. The molecule has 0 unspecified atom stereocenters. The van der Waals surface area contributed by atoms with E-state index in [4.69, 9.17) is 0 Å². The van der Waals surface area contributed by atoms with Gasteiger partial charge in [0.2, 0.25) is 0 Å². The Kier molecular flexibility index (Phi) is 4.88. The lowest BCUT2D eigenvalue weighted by atomic mass is 10.1. The average Bonchev–Trinajstić information content (AvgIpc) is 2.97. The number of nitrogens with one attached hydrogen (secondary N) is 1. The molecule has 0 saturated heterocycles. The normalized spacial score (nSPS) is 14.6. The number of hydrogen-bond acceptors (Lipinski definition) is 5. The zero-order chi connectivity index (χ0) is 13.0. The second kappa shape index (κ2) is 6.43. The van der Waals surface area contributed by atoms with Gasteiger partial charge in [0.15, 0.2) is 0 Å². The fourth-order valence-corrected chi connectivity index (χ4v) is 3.21. The van der Waals surface area contributed by atoms with Crippen molar-refractivity contribution in [3.63, 3.8) is 0 Å². The lowest BCUT2D eigenvalue weighted by Crippen LogP contribution is -2.27. The van der Waals surface area contributed by atoms with Gasteiger partial charge in [0.05, 0.1) is 6.10 Å². The molecule has 2 rings (SSSR count). The second-order valence-electron chi connectivity index (χ2n) is 4.43. The first-order valence-corrected chi connectivity index (χ1v) is 7.77. The van der Waals surface area contributed by atoms with Crippen molar-refractivity contribution in [1.29, 1.82) is 0 Å². The minimum atomic E-state index is -0.370. The Hall–Kier alpha value is -0.750. The third-order valence-corrected chi connectivity index (χ3v) is 4.66. The summed E-state index contributed by atoms with van der Waals surface area (Å²) >= 11 is 3.28. The lowest BCUT2D eigenvalue weighted by molar-refractivity contribution is 0.157. The molecule has 0 fully saturated rings. The van der Waals surface area contributed by atoms with Gasteiger partial charge in [0.25, 0.3) is 0 Å². The minimum absolute atomic E-state index is 0.270. The molecular formula is C13H18N2OS2. The first kappa shape index (κ1) is 13.7. The van der Waals surface area contributed by atoms with E-state index in [-0.39, 0.29) is 12.1 Å². The molecule has 5 heteroatoms. The Morgan fingerprint density at radius 2 is 2.28 bits per heavy atom. The summed E-state index contributed by atoms with van der Waals surface area (Å²) in [5.74, 6) is 0. The van der Waals surface area contributed by atoms with Crippen LogP contribution in [-0.2, 0) is 6.54 Å². The molecule has 2 heterocycles. The molecule has 0 aliphatic heterocycles. The molecule has 2 aromatic heterocycles. The number of hydrogen-bond donors (Lipinski definition) is 2. The summed E-state index contributed by atoms with van der Waals surface area (Å²) in [6.07, 6.45) is 0.357. The van der Waals surface area contributed by atoms with Crippen molar-refractivity contribution in [2.24, 2.45) is 0 Å². The van der Waals surface area contributed by atoms with Gasteiger partial charge in [-0.05, 0) is 31.7 Å². The van der Waals surface area contributed by atoms with E-state index in [0.29, 0.717) is 0 Å². The largest absolute Gasteiger partial charge is 0.388 e. The molecule has 0 aliphatic rings. The average molecular weight is 282 g/mol. The van der Waals surface area contributed by atoms with E-state index < -0.39 is 0 Å². The summed E-state index contributed by atoms with van der Waals surface area (Å²) in [6.45, 7) is 4.87. The monoisotopic (exact) mass is 282 g/mol. The van der Waals surface area contributed by atoms with Gasteiger partial charge in [-0.2, -0.15) is 0 Å². The molecule has 0 spiro atoms. The molecule has 2 N–H and O–H groups in total. The number of aromatic nitrogens is 1. The fourth-order valence-electron chi connectivity index (χ4n) is 1.76. The summed E-state index contributed by atoms with van der Waals surface area (Å²) in [7, 11) is 0. The summed E-state index contributed by atoms with van der Waals surface area (Å²) < 4.78 is 0. The van der Waals surface area contributed by atoms with Crippen LogP contribution in [0.5, 0.6) is 0 Å². The van der Waals surface area contributed by atoms with Gasteiger partial charge in [-0.1, -0.05) is 6.07 Å². The first-order valence-electron chi connectivity index (χ1n) is 6.01. The van der Waals surface area contributed by atoms with Crippen LogP contribution in [0.3, 0.4) is 0 Å². The van der Waals surface area contributed by atoms with Crippen LogP contribution in [0.4, 0.5) is 0 Å².